The molecule has 5 fully saturated rings. The highest BCUT2D eigenvalue weighted by Crippen LogP contribution is 2.71. The lowest BCUT2D eigenvalue weighted by Crippen LogP contribution is -2.66. The minimum Gasteiger partial charge on any atom is -0.453 e. The van der Waals surface area contributed by atoms with Crippen LogP contribution in [0.2, 0.25) is 0 Å². The number of carbonyl (C=O) groups is 4. The summed E-state index contributed by atoms with van der Waals surface area (Å²) in [4.78, 5) is 75.3. The fraction of sp³-hybridized carbons (Fsp3) is 0.547. The van der Waals surface area contributed by atoms with Crippen molar-refractivity contribution < 1.29 is 28.7 Å². The number of aromatic amines is 2. The Morgan fingerprint density at radius 3 is 1.79 bits per heavy atom. The van der Waals surface area contributed by atoms with Crippen molar-refractivity contribution in [2.45, 2.75) is 146 Å². The first kappa shape index (κ1) is 44.4. The van der Waals surface area contributed by atoms with Crippen LogP contribution in [0.3, 0.4) is 0 Å². The number of H-pyrrole nitrogens is 2. The van der Waals surface area contributed by atoms with Crippen LogP contribution in [0.4, 0.5) is 9.59 Å². The molecule has 4 amide bonds. The van der Waals surface area contributed by atoms with Crippen molar-refractivity contribution in [2.75, 3.05) is 27.3 Å². The molecule has 2 bridgehead atoms. The minimum absolute atomic E-state index is 0.107. The first-order chi connectivity index (χ1) is 32.8. The van der Waals surface area contributed by atoms with Gasteiger partial charge < -0.3 is 39.9 Å². The van der Waals surface area contributed by atoms with Gasteiger partial charge in [-0.05, 0) is 134 Å². The van der Waals surface area contributed by atoms with Crippen molar-refractivity contribution in [3.05, 3.63) is 81.8 Å². The number of benzene rings is 2. The van der Waals surface area contributed by atoms with Crippen molar-refractivity contribution in [3.8, 4) is 34.2 Å². The molecule has 4 aromatic rings. The number of likely N-dealkylation sites (tertiary alicyclic amines) is 2. The molecule has 2 aromatic heterocycles. The highest BCUT2D eigenvalue weighted by atomic mass is 16.5. The second-order valence-electron chi connectivity index (χ2n) is 21.2. The molecular weight excluding hydrogens is 859 g/mol. The van der Waals surface area contributed by atoms with Crippen molar-refractivity contribution in [1.82, 2.24) is 45.3 Å². The van der Waals surface area contributed by atoms with Crippen molar-refractivity contribution in [1.29, 1.82) is 0 Å². The van der Waals surface area contributed by atoms with Crippen LogP contribution in [0.25, 0.3) is 22.4 Å². The zero-order valence-corrected chi connectivity index (χ0v) is 40.2. The van der Waals surface area contributed by atoms with Crippen LogP contribution in [0.5, 0.6) is 0 Å². The maximum absolute atomic E-state index is 13.9. The highest BCUT2D eigenvalue weighted by molar-refractivity contribution is 5.88. The van der Waals surface area contributed by atoms with Gasteiger partial charge >= 0.3 is 12.2 Å². The number of rotatable bonds is 10. The first-order valence-electron chi connectivity index (χ1n) is 24.8. The van der Waals surface area contributed by atoms with Crippen molar-refractivity contribution in [2.24, 2.45) is 11.8 Å². The second kappa shape index (κ2) is 16.8. The molecule has 9 atom stereocenters. The number of hydrogen-bond acceptors (Lipinski definition) is 9. The fourth-order valence-corrected chi connectivity index (χ4v) is 13.5. The number of carbonyl (C=O) groups excluding carboxylic acids is 4. The van der Waals surface area contributed by atoms with E-state index in [-0.39, 0.29) is 41.3 Å². The van der Waals surface area contributed by atoms with Crippen LogP contribution in [-0.4, -0.2) is 104 Å². The van der Waals surface area contributed by atoms with E-state index in [1.807, 2.05) is 43.7 Å². The third-order valence-electron chi connectivity index (χ3n) is 16.6. The number of alkyl carbamates (subject to hydrolysis) is 2. The molecule has 7 heterocycles. The van der Waals surface area contributed by atoms with E-state index in [1.165, 1.54) is 66.0 Å². The van der Waals surface area contributed by atoms with E-state index >= 15 is 0 Å². The van der Waals surface area contributed by atoms with E-state index in [4.69, 9.17) is 19.4 Å². The van der Waals surface area contributed by atoms with Crippen LogP contribution in [-0.2, 0) is 19.1 Å². The lowest BCUT2D eigenvalue weighted by atomic mass is 9.68. The third-order valence-corrected chi connectivity index (χ3v) is 16.6. The monoisotopic (exact) mass is 921 g/mol. The van der Waals surface area contributed by atoms with Gasteiger partial charge in [0.15, 0.2) is 0 Å². The summed E-state index contributed by atoms with van der Waals surface area (Å²) < 4.78 is 9.67. The van der Waals surface area contributed by atoms with E-state index in [2.05, 4.69) is 68.5 Å². The number of nitrogens with zero attached hydrogens (tertiary/aromatic N) is 5. The molecule has 2 aliphatic carbocycles. The average molecular weight is 922 g/mol. The normalized spacial score (nSPS) is 26.9. The van der Waals surface area contributed by atoms with E-state index in [9.17, 15) is 19.2 Å². The summed E-state index contributed by atoms with van der Waals surface area (Å²) in [6.45, 7) is 11.3. The molecule has 68 heavy (non-hydrogen) atoms. The maximum atomic E-state index is 13.9. The van der Waals surface area contributed by atoms with Crippen LogP contribution in [0.1, 0.15) is 174 Å². The van der Waals surface area contributed by atoms with Gasteiger partial charge in [0, 0.05) is 41.8 Å². The highest BCUT2D eigenvalue weighted by Gasteiger charge is 2.66. The maximum Gasteiger partial charge on any atom is 0.407 e. The summed E-state index contributed by atoms with van der Waals surface area (Å²) in [7, 11) is 2.62. The van der Waals surface area contributed by atoms with Gasteiger partial charge in [0.1, 0.15) is 29.4 Å². The van der Waals surface area contributed by atoms with Gasteiger partial charge in [-0.3, -0.25) is 14.5 Å². The Morgan fingerprint density at radius 2 is 1.21 bits per heavy atom. The standard InChI is InChI=1S/C53H63N9O6/c1-27(2)45(58-51(65)67-6)49(63)60-20-8-10-37(60)47-54-25-32(56-47)16-14-29-15-17-33(42-31-13-12-30(22-31)41(29)42)34-18-19-35(44-40-24-53(5)23-39(43(34)44)62(40)53)36-26-55-48(57-36)38-11-9-21-61(38)50(64)46(28(3)4)59-52(66)68-7/h15,17-19,25-28,30-31,37-40,45-46H,8-13,20-24H2,1-7H3,(H,54,56)(H,55,57)(H,58,65)(H,59,66). The number of imidazole rings is 2. The van der Waals surface area contributed by atoms with Crippen LogP contribution >= 0.6 is 0 Å². The first-order valence-corrected chi connectivity index (χ1v) is 24.8. The molecule has 2 aromatic carbocycles. The van der Waals surface area contributed by atoms with Gasteiger partial charge in [-0.2, -0.15) is 0 Å². The quantitative estimate of drug-likeness (QED) is 0.114. The Hall–Kier alpha value is -6.14. The molecule has 0 spiro atoms. The van der Waals surface area contributed by atoms with Crippen LogP contribution < -0.4 is 10.6 Å². The predicted octanol–water partition coefficient (Wildman–Crippen LogP) is 8.28. The largest absolute Gasteiger partial charge is 0.453 e. The molecule has 7 aliphatic rings. The minimum atomic E-state index is -0.695. The molecule has 11 rings (SSSR count). The summed E-state index contributed by atoms with van der Waals surface area (Å²) >= 11 is 0. The Morgan fingerprint density at radius 1 is 0.676 bits per heavy atom. The molecule has 9 unspecified atom stereocenters. The van der Waals surface area contributed by atoms with Crippen LogP contribution in [0, 0.1) is 23.7 Å². The molecule has 15 nitrogen and oxygen atoms in total. The molecule has 1 saturated carbocycles. The van der Waals surface area contributed by atoms with Crippen LogP contribution in [0.15, 0.2) is 36.7 Å². The molecule has 5 aliphatic heterocycles. The Kier molecular flexibility index (Phi) is 11.0. The lowest BCUT2D eigenvalue weighted by Gasteiger charge is -2.65. The number of ether oxygens (including phenoxy) is 2. The summed E-state index contributed by atoms with van der Waals surface area (Å²) in [6, 6.07) is 8.15. The SMILES string of the molecule is COC(=O)NC(C(=O)N1CCCC1c1ncc(C#Cc2ccc(-c3ccc(-c4cnc(C5CCCN5C(=O)C(NC(=O)OC)C(C)C)[nH]4)c4c3C3CC5(C)CC4N35)c3c2C2CCC3C2)[nH]1)C(C)C. The molecule has 15 heteroatoms. The van der Waals surface area contributed by atoms with E-state index < -0.39 is 24.3 Å². The number of piperidine rings is 1. The lowest BCUT2D eigenvalue weighted by molar-refractivity contribution is -0.177. The van der Waals surface area contributed by atoms with E-state index in [0.717, 1.165) is 62.0 Å². The van der Waals surface area contributed by atoms with Crippen molar-refractivity contribution >= 4 is 24.0 Å². The Labute approximate surface area is 397 Å². The van der Waals surface area contributed by atoms with Gasteiger partial charge in [0.05, 0.1) is 44.4 Å². The third kappa shape index (κ3) is 7.02. The van der Waals surface area contributed by atoms with E-state index in [1.54, 1.807) is 6.20 Å². The molecule has 0 radical (unpaired) electrons. The molecule has 356 valence electrons. The molecular formula is C53H63N9O6. The number of methoxy groups -OCH3 is 2. The van der Waals surface area contributed by atoms with Gasteiger partial charge in [0.25, 0.3) is 0 Å². The smallest absolute Gasteiger partial charge is 0.407 e. The summed E-state index contributed by atoms with van der Waals surface area (Å²) in [5.74, 6) is 9.01. The fourth-order valence-electron chi connectivity index (χ4n) is 13.5. The number of amides is 4. The van der Waals surface area contributed by atoms with Gasteiger partial charge in [-0.1, -0.05) is 51.8 Å². The predicted molar refractivity (Wildman–Crippen MR) is 254 cm³/mol. The zero-order chi connectivity index (χ0) is 47.3. The van der Waals surface area contributed by atoms with E-state index in [0.29, 0.717) is 48.5 Å². The summed E-state index contributed by atoms with van der Waals surface area (Å²) in [6.07, 6.45) is 11.6. The number of fused-ring (bicyclic) bond motifs is 8. The topological polar surface area (TPSA) is 178 Å². The average Bonchev–Trinajstić information content (AvgIpc) is 4.20. The number of hydrogen-bond donors (Lipinski definition) is 4. The number of aromatic nitrogens is 4. The molecule has 4 saturated heterocycles. The summed E-state index contributed by atoms with van der Waals surface area (Å²) in [5.41, 5.74) is 12.6. The second-order valence-corrected chi connectivity index (χ2v) is 21.2. The molecule has 4 N–H and O–H groups in total. The Balaban J connectivity index is 0.891. The summed E-state index contributed by atoms with van der Waals surface area (Å²) in [5, 5.41) is 5.49. The Bertz CT molecular complexity index is 2780. The van der Waals surface area contributed by atoms with Gasteiger partial charge in [0.2, 0.25) is 11.8 Å². The number of nitrogens with one attached hydrogen (secondary N) is 4. The van der Waals surface area contributed by atoms with Crippen molar-refractivity contribution in [3.63, 3.8) is 0 Å². The zero-order valence-electron chi connectivity index (χ0n) is 40.2. The van der Waals surface area contributed by atoms with Gasteiger partial charge in [-0.25, -0.2) is 19.6 Å². The van der Waals surface area contributed by atoms with Gasteiger partial charge in [-0.15, -0.1) is 0 Å².